The second-order valence-electron chi connectivity index (χ2n) is 6.22. The Labute approximate surface area is 109 Å². The molecule has 0 aromatic heterocycles. The summed E-state index contributed by atoms with van der Waals surface area (Å²) in [6, 6.07) is 0. The van der Waals surface area contributed by atoms with Crippen LogP contribution in [0, 0.1) is 11.8 Å². The highest BCUT2D eigenvalue weighted by atomic mass is 16.6. The molecule has 0 aromatic rings. The smallest absolute Gasteiger partial charge is 0.332 e. The van der Waals surface area contributed by atoms with Gasteiger partial charge in [0.25, 0.3) is 0 Å². The van der Waals surface area contributed by atoms with Crippen LogP contribution in [-0.2, 0) is 14.3 Å². The molecular weight excluding hydrogens is 230 g/mol. The van der Waals surface area contributed by atoms with E-state index in [4.69, 9.17) is 9.47 Å². The van der Waals surface area contributed by atoms with Gasteiger partial charge in [0.15, 0.2) is 0 Å². The van der Waals surface area contributed by atoms with Crippen LogP contribution in [0.25, 0.3) is 0 Å². The van der Waals surface area contributed by atoms with Crippen molar-refractivity contribution in [3.63, 3.8) is 0 Å². The lowest BCUT2D eigenvalue weighted by Gasteiger charge is -2.39. The van der Waals surface area contributed by atoms with Crippen molar-refractivity contribution < 1.29 is 14.3 Å². The molecule has 0 radical (unpaired) electrons. The maximum Gasteiger partial charge on any atom is 0.332 e. The van der Waals surface area contributed by atoms with Gasteiger partial charge in [-0.3, -0.25) is 0 Å². The van der Waals surface area contributed by atoms with Crippen LogP contribution >= 0.6 is 0 Å². The monoisotopic (exact) mass is 255 g/mol. The molecule has 0 bridgehead atoms. The van der Waals surface area contributed by atoms with Crippen molar-refractivity contribution in [2.24, 2.45) is 11.8 Å². The predicted molar refractivity (Wildman–Crippen MR) is 69.3 cm³/mol. The number of ether oxygens (including phenoxy) is 2. The molecule has 0 amide bonds. The van der Waals surface area contributed by atoms with Gasteiger partial charge in [-0.25, -0.2) is 4.79 Å². The van der Waals surface area contributed by atoms with E-state index < -0.39 is 0 Å². The molecule has 1 saturated heterocycles. The Balaban J connectivity index is 1.67. The Bertz CT molecular complexity index is 301. The number of esters is 1. The zero-order chi connectivity index (χ0) is 13.2. The highest BCUT2D eigenvalue weighted by Gasteiger charge is 2.34. The van der Waals surface area contributed by atoms with Crippen LogP contribution in [0.4, 0.5) is 0 Å². The molecule has 0 spiro atoms. The Kier molecular flexibility index (Phi) is 4.28. The van der Waals surface area contributed by atoms with E-state index in [1.54, 1.807) is 0 Å². The van der Waals surface area contributed by atoms with Crippen LogP contribution < -0.4 is 5.32 Å². The fourth-order valence-corrected chi connectivity index (χ4v) is 2.64. The van der Waals surface area contributed by atoms with E-state index in [1.165, 1.54) is 0 Å². The zero-order valence-corrected chi connectivity index (χ0v) is 11.7. The molecule has 2 fully saturated rings. The van der Waals surface area contributed by atoms with Crippen molar-refractivity contribution in [2.75, 3.05) is 19.7 Å². The topological polar surface area (TPSA) is 47.6 Å². The van der Waals surface area contributed by atoms with Gasteiger partial charge in [0.05, 0.1) is 5.60 Å². The molecule has 1 aliphatic carbocycles. The third kappa shape index (κ3) is 3.45. The first-order valence-electron chi connectivity index (χ1n) is 7.03. The lowest BCUT2D eigenvalue weighted by molar-refractivity contribution is -0.166. The van der Waals surface area contributed by atoms with Gasteiger partial charge in [0.2, 0.25) is 0 Å². The van der Waals surface area contributed by atoms with Gasteiger partial charge in [-0.05, 0) is 38.0 Å². The Morgan fingerprint density at radius 3 is 2.56 bits per heavy atom. The maximum atomic E-state index is 11.7. The Hall–Kier alpha value is -0.610. The molecule has 104 valence electrons. The highest BCUT2D eigenvalue weighted by Crippen LogP contribution is 2.31. The minimum atomic E-state index is -0.213. The first-order chi connectivity index (χ1) is 8.48. The second-order valence-corrected chi connectivity index (χ2v) is 6.22. The molecule has 4 nitrogen and oxygen atoms in total. The normalized spacial score (nSPS) is 34.7. The predicted octanol–water partition coefficient (Wildman–Crippen LogP) is 1.73. The van der Waals surface area contributed by atoms with Gasteiger partial charge in [0, 0.05) is 13.1 Å². The molecule has 3 atom stereocenters. The summed E-state index contributed by atoms with van der Waals surface area (Å²) in [5, 5.41) is 3.14. The van der Waals surface area contributed by atoms with Crippen molar-refractivity contribution in [1.82, 2.24) is 5.32 Å². The fraction of sp³-hybridized carbons (Fsp3) is 0.929. The summed E-state index contributed by atoms with van der Waals surface area (Å²) in [7, 11) is 0. The van der Waals surface area contributed by atoms with E-state index in [-0.39, 0.29) is 24.3 Å². The highest BCUT2D eigenvalue weighted by molar-refractivity contribution is 5.71. The minimum Gasteiger partial charge on any atom is -0.461 e. The lowest BCUT2D eigenvalue weighted by atomic mass is 9.80. The number of carbonyl (C=O) groups excluding carboxylic acids is 1. The number of nitrogens with one attached hydrogen (secondary N) is 1. The number of hydrogen-bond acceptors (Lipinski definition) is 4. The maximum absolute atomic E-state index is 11.7. The van der Waals surface area contributed by atoms with Crippen molar-refractivity contribution in [2.45, 2.75) is 51.7 Å². The van der Waals surface area contributed by atoms with Gasteiger partial charge in [-0.1, -0.05) is 13.8 Å². The molecule has 1 saturated carbocycles. The Morgan fingerprint density at radius 1 is 1.28 bits per heavy atom. The zero-order valence-electron chi connectivity index (χ0n) is 11.7. The lowest BCUT2D eigenvalue weighted by Crippen LogP contribution is -2.59. The largest absolute Gasteiger partial charge is 0.461 e. The Morgan fingerprint density at radius 2 is 2.00 bits per heavy atom. The van der Waals surface area contributed by atoms with E-state index in [1.807, 2.05) is 6.92 Å². The van der Waals surface area contributed by atoms with E-state index in [2.05, 4.69) is 19.2 Å². The molecule has 4 heteroatoms. The van der Waals surface area contributed by atoms with Crippen molar-refractivity contribution in [3.8, 4) is 0 Å². The van der Waals surface area contributed by atoms with E-state index >= 15 is 0 Å². The van der Waals surface area contributed by atoms with Crippen LogP contribution in [-0.4, -0.2) is 37.4 Å². The molecule has 3 unspecified atom stereocenters. The molecule has 2 rings (SSSR count). The summed E-state index contributed by atoms with van der Waals surface area (Å²) in [5.74, 6) is 1.18. The fourth-order valence-electron chi connectivity index (χ4n) is 2.64. The van der Waals surface area contributed by atoms with E-state index in [0.29, 0.717) is 5.92 Å². The average molecular weight is 255 g/mol. The van der Waals surface area contributed by atoms with Crippen molar-refractivity contribution in [3.05, 3.63) is 0 Å². The summed E-state index contributed by atoms with van der Waals surface area (Å²) in [4.78, 5) is 11.7. The first-order valence-corrected chi connectivity index (χ1v) is 7.03. The van der Waals surface area contributed by atoms with Gasteiger partial charge in [-0.15, -0.1) is 0 Å². The van der Waals surface area contributed by atoms with Crippen LogP contribution in [0.1, 0.15) is 40.0 Å². The van der Waals surface area contributed by atoms with Crippen molar-refractivity contribution in [1.29, 1.82) is 0 Å². The van der Waals surface area contributed by atoms with Gasteiger partial charge >= 0.3 is 5.97 Å². The molecule has 0 aromatic carbocycles. The molecule has 1 N–H and O–H groups in total. The average Bonchev–Trinajstić information content (AvgIpc) is 2.29. The molecule has 2 aliphatic rings. The van der Waals surface area contributed by atoms with Gasteiger partial charge in [-0.2, -0.15) is 0 Å². The third-order valence-electron chi connectivity index (χ3n) is 4.38. The van der Waals surface area contributed by atoms with Gasteiger partial charge < -0.3 is 14.8 Å². The van der Waals surface area contributed by atoms with Crippen LogP contribution in [0.3, 0.4) is 0 Å². The van der Waals surface area contributed by atoms with E-state index in [0.717, 1.165) is 38.3 Å². The van der Waals surface area contributed by atoms with E-state index in [9.17, 15) is 4.79 Å². The summed E-state index contributed by atoms with van der Waals surface area (Å²) in [6.07, 6.45) is 3.24. The standard InChI is InChI=1S/C14H25NO3/c1-10-4-5-12(6-11(10)2)18-13(16)7-17-14(3)8-15-9-14/h10-12,15H,4-9H2,1-3H3. The SMILES string of the molecule is CC1CCC(OC(=O)COC2(C)CNC2)CC1C. The first kappa shape index (κ1) is 13.8. The molecule has 1 aliphatic heterocycles. The van der Waals surface area contributed by atoms with Gasteiger partial charge in [0.1, 0.15) is 12.7 Å². The summed E-state index contributed by atoms with van der Waals surface area (Å²) in [6.45, 7) is 8.24. The number of rotatable bonds is 4. The summed E-state index contributed by atoms with van der Waals surface area (Å²) < 4.78 is 11.1. The molecule has 1 heterocycles. The quantitative estimate of drug-likeness (QED) is 0.777. The molecular formula is C14H25NO3. The third-order valence-corrected chi connectivity index (χ3v) is 4.38. The van der Waals surface area contributed by atoms with Crippen LogP contribution in [0.5, 0.6) is 0 Å². The van der Waals surface area contributed by atoms with Crippen LogP contribution in [0.15, 0.2) is 0 Å². The number of carbonyl (C=O) groups is 1. The second kappa shape index (κ2) is 5.57. The summed E-state index contributed by atoms with van der Waals surface area (Å²) >= 11 is 0. The van der Waals surface area contributed by atoms with Crippen LogP contribution in [0.2, 0.25) is 0 Å². The minimum absolute atomic E-state index is 0.0820. The summed E-state index contributed by atoms with van der Waals surface area (Å²) in [5.41, 5.74) is -0.173. The van der Waals surface area contributed by atoms with Crippen molar-refractivity contribution >= 4 is 5.97 Å². The molecule has 18 heavy (non-hydrogen) atoms. The number of hydrogen-bond donors (Lipinski definition) is 1.